The highest BCUT2D eigenvalue weighted by Crippen LogP contribution is 2.63. The second kappa shape index (κ2) is 14.4. The number of nitrogens with zero attached hydrogens (tertiary/aromatic N) is 1. The Hall–Kier alpha value is -3.15. The van der Waals surface area contributed by atoms with Gasteiger partial charge >= 0.3 is 11.9 Å². The molecule has 0 spiro atoms. The monoisotopic (exact) mass is 857 g/mol. The Bertz CT molecular complexity index is 1780. The molecule has 3 N–H and O–H groups in total. The van der Waals surface area contributed by atoms with Crippen LogP contribution in [0.15, 0.2) is 48.5 Å². The first-order chi connectivity index (χ1) is 25.8. The fourth-order valence-corrected chi connectivity index (χ4v) is 9.13. The predicted octanol–water partition coefficient (Wildman–Crippen LogP) is 3.92. The zero-order valence-electron chi connectivity index (χ0n) is 30.8. The number of hydrogen-bond donors (Lipinski definition) is 3. The van der Waals surface area contributed by atoms with Gasteiger partial charge in [0, 0.05) is 40.4 Å². The molecule has 3 aliphatic carbocycles. The number of rotatable bonds is 13. The van der Waals surface area contributed by atoms with Gasteiger partial charge in [-0.1, -0.05) is 24.3 Å². The van der Waals surface area contributed by atoms with E-state index in [1.165, 1.54) is 0 Å². The Kier molecular flexibility index (Phi) is 10.1. The summed E-state index contributed by atoms with van der Waals surface area (Å²) in [4.78, 5) is 60.9. The van der Waals surface area contributed by atoms with Crippen molar-refractivity contribution in [1.82, 2.24) is 15.7 Å². The summed E-state index contributed by atoms with van der Waals surface area (Å²) in [5, 5.41) is 17.4. The third-order valence-electron chi connectivity index (χ3n) is 11.5. The Morgan fingerprint density at radius 1 is 1.02 bits per heavy atom. The van der Waals surface area contributed by atoms with E-state index >= 15 is 0 Å². The summed E-state index contributed by atoms with van der Waals surface area (Å²) < 4.78 is 26.3. The number of hydroxylamine groups is 2. The molecule has 13 nitrogen and oxygen atoms in total. The standard InChI is InChI=1S/C40H48IN3O10/c1-38(2,3)51-30(46)16-15-28(21-45)43-35(47)24-6-4-5-23(17-24)19-42-37(49)39-18-29-31-32(53-40(52-31,25-9-10-25)26-11-12-26)34(39)54-44(33(39)36(48)50-29)20-22-7-13-27(41)14-8-22/h4-8,13-14,17,25-26,28-29,31-34,45H,9-12,15-16,18-21H2,1-3H3,(H,42,49)(H,43,47)/t28-,29+,31-,32-,33-,34+,39-/m0/s1. The lowest BCUT2D eigenvalue weighted by Crippen LogP contribution is -2.69. The van der Waals surface area contributed by atoms with E-state index in [1.54, 1.807) is 50.1 Å². The van der Waals surface area contributed by atoms with E-state index in [4.69, 9.17) is 23.8 Å². The van der Waals surface area contributed by atoms with Crippen LogP contribution >= 0.6 is 22.6 Å². The Balaban J connectivity index is 1.00. The lowest BCUT2D eigenvalue weighted by molar-refractivity contribution is -0.235. The topological polar surface area (TPSA) is 162 Å². The maximum atomic E-state index is 14.7. The largest absolute Gasteiger partial charge is 0.460 e. The second-order valence-corrected chi connectivity index (χ2v) is 17.9. The summed E-state index contributed by atoms with van der Waals surface area (Å²) in [5.74, 6) is -1.89. The van der Waals surface area contributed by atoms with Crippen LogP contribution < -0.4 is 10.6 Å². The van der Waals surface area contributed by atoms with Crippen molar-refractivity contribution in [3.8, 4) is 0 Å². The van der Waals surface area contributed by atoms with Gasteiger partial charge in [0.1, 0.15) is 35.4 Å². The van der Waals surface area contributed by atoms with Gasteiger partial charge in [-0.3, -0.25) is 24.0 Å². The number of carbonyl (C=O) groups excluding carboxylic acids is 4. The molecule has 0 unspecified atom stereocenters. The van der Waals surface area contributed by atoms with Gasteiger partial charge in [0.15, 0.2) is 11.8 Å². The van der Waals surface area contributed by atoms with Crippen LogP contribution in [0.2, 0.25) is 0 Å². The van der Waals surface area contributed by atoms with Crippen molar-refractivity contribution in [2.24, 2.45) is 17.3 Å². The highest BCUT2D eigenvalue weighted by Gasteiger charge is 2.78. The first kappa shape index (κ1) is 37.8. The molecule has 2 aromatic rings. The zero-order valence-corrected chi connectivity index (χ0v) is 32.9. The third-order valence-corrected chi connectivity index (χ3v) is 12.2. The summed E-state index contributed by atoms with van der Waals surface area (Å²) in [6, 6.07) is 13.1. The van der Waals surface area contributed by atoms with Gasteiger partial charge in [-0.25, -0.2) is 0 Å². The van der Waals surface area contributed by atoms with Gasteiger partial charge in [0.2, 0.25) is 5.91 Å². The van der Waals surface area contributed by atoms with Crippen LogP contribution in [-0.2, 0) is 51.3 Å². The predicted molar refractivity (Wildman–Crippen MR) is 200 cm³/mol. The van der Waals surface area contributed by atoms with E-state index in [0.717, 1.165) is 34.8 Å². The molecule has 8 rings (SSSR count). The van der Waals surface area contributed by atoms with Crippen molar-refractivity contribution in [3.05, 3.63) is 68.8 Å². The van der Waals surface area contributed by atoms with Gasteiger partial charge in [-0.05, 0) is 111 Å². The summed E-state index contributed by atoms with van der Waals surface area (Å²) >= 11 is 2.25. The van der Waals surface area contributed by atoms with E-state index < -0.39 is 71.1 Å². The third kappa shape index (κ3) is 7.18. The number of benzene rings is 2. The summed E-state index contributed by atoms with van der Waals surface area (Å²) in [5.41, 5.74) is -0.0216. The number of aliphatic hydroxyl groups is 1. The number of ether oxygens (including phenoxy) is 4. The molecule has 0 aromatic heterocycles. The molecule has 7 atom stereocenters. The van der Waals surface area contributed by atoms with Crippen molar-refractivity contribution in [3.63, 3.8) is 0 Å². The maximum Gasteiger partial charge on any atom is 0.327 e. The number of aliphatic hydroxyl groups excluding tert-OH is 1. The van der Waals surface area contributed by atoms with Crippen LogP contribution in [0.4, 0.5) is 0 Å². The molecule has 2 amide bonds. The molecule has 6 aliphatic rings. The SMILES string of the molecule is CC(C)(C)OC(=O)CC[C@@H](CO)NC(=O)c1cccc(CNC(=O)[C@@]23C[C@H]4OC(=O)[C@@H]2N(Cc2ccc(I)cc2)O[C@@H]3[C@H]2OC(C3CC3)(C3CC3)O[C@H]24)c1. The molecule has 3 saturated heterocycles. The van der Waals surface area contributed by atoms with Crippen LogP contribution in [-0.4, -0.2) is 88.4 Å². The average molecular weight is 858 g/mol. The van der Waals surface area contributed by atoms with Crippen molar-refractivity contribution < 1.29 is 48.1 Å². The van der Waals surface area contributed by atoms with Crippen LogP contribution in [0, 0.1) is 20.8 Å². The number of amides is 2. The molecule has 290 valence electrons. The Labute approximate surface area is 328 Å². The quantitative estimate of drug-likeness (QED) is 0.198. The van der Waals surface area contributed by atoms with Gasteiger partial charge in [0.25, 0.3) is 5.91 Å². The summed E-state index contributed by atoms with van der Waals surface area (Å²) in [7, 11) is 0. The number of nitrogens with one attached hydrogen (secondary N) is 2. The van der Waals surface area contributed by atoms with E-state index in [2.05, 4.69) is 33.2 Å². The minimum atomic E-state index is -1.31. The number of fused-ring (bicyclic) bond motifs is 4. The minimum Gasteiger partial charge on any atom is -0.460 e. The smallest absolute Gasteiger partial charge is 0.327 e. The lowest BCUT2D eigenvalue weighted by atomic mass is 9.62. The Morgan fingerprint density at radius 2 is 1.72 bits per heavy atom. The maximum absolute atomic E-state index is 14.7. The van der Waals surface area contributed by atoms with Crippen molar-refractivity contribution >= 4 is 46.3 Å². The molecular formula is C40H48IN3O10. The first-order valence-corrected chi connectivity index (χ1v) is 20.1. The van der Waals surface area contributed by atoms with Gasteiger partial charge < -0.3 is 34.7 Å². The van der Waals surface area contributed by atoms with E-state index in [-0.39, 0.29) is 56.7 Å². The molecule has 2 bridgehead atoms. The Morgan fingerprint density at radius 3 is 2.39 bits per heavy atom. The van der Waals surface area contributed by atoms with Crippen LogP contribution in [0.25, 0.3) is 0 Å². The summed E-state index contributed by atoms with van der Waals surface area (Å²) in [6.07, 6.45) is 1.96. The molecule has 3 aliphatic heterocycles. The van der Waals surface area contributed by atoms with E-state index in [0.29, 0.717) is 11.1 Å². The molecule has 6 fully saturated rings. The van der Waals surface area contributed by atoms with Crippen LogP contribution in [0.3, 0.4) is 0 Å². The highest BCUT2D eigenvalue weighted by atomic mass is 127. The normalized spacial score (nSPS) is 30.2. The fourth-order valence-electron chi connectivity index (χ4n) is 8.77. The lowest BCUT2D eigenvalue weighted by Gasteiger charge is -2.48. The van der Waals surface area contributed by atoms with Crippen LogP contribution in [0.5, 0.6) is 0 Å². The fraction of sp³-hybridized carbons (Fsp3) is 0.600. The highest BCUT2D eigenvalue weighted by molar-refractivity contribution is 14.1. The number of carbonyl (C=O) groups is 4. The minimum absolute atomic E-state index is 0.0414. The van der Waals surface area contributed by atoms with Crippen molar-refractivity contribution in [2.45, 2.75) is 127 Å². The zero-order chi connectivity index (χ0) is 38.0. The number of hydrogen-bond acceptors (Lipinski definition) is 11. The van der Waals surface area contributed by atoms with Crippen molar-refractivity contribution in [1.29, 1.82) is 0 Å². The van der Waals surface area contributed by atoms with E-state index in [9.17, 15) is 24.3 Å². The summed E-state index contributed by atoms with van der Waals surface area (Å²) in [6.45, 7) is 5.34. The average Bonchev–Trinajstić information content (AvgIpc) is 4.08. The number of halogens is 1. The first-order valence-electron chi connectivity index (χ1n) is 19.0. The molecule has 3 heterocycles. The molecule has 54 heavy (non-hydrogen) atoms. The van der Waals surface area contributed by atoms with Gasteiger partial charge in [-0.15, -0.1) is 0 Å². The van der Waals surface area contributed by atoms with Gasteiger partial charge in [-0.2, -0.15) is 5.06 Å². The second-order valence-electron chi connectivity index (χ2n) is 16.6. The van der Waals surface area contributed by atoms with Gasteiger partial charge in [0.05, 0.1) is 19.2 Å². The van der Waals surface area contributed by atoms with Crippen molar-refractivity contribution in [2.75, 3.05) is 6.61 Å². The number of esters is 2. The molecular weight excluding hydrogens is 809 g/mol. The molecule has 2 aromatic carbocycles. The molecule has 3 saturated carbocycles. The van der Waals surface area contributed by atoms with Crippen LogP contribution in [0.1, 0.15) is 87.2 Å². The van der Waals surface area contributed by atoms with E-state index in [1.807, 2.05) is 24.3 Å². The molecule has 0 radical (unpaired) electrons. The molecule has 14 heteroatoms.